The lowest BCUT2D eigenvalue weighted by Gasteiger charge is -2.06. The van der Waals surface area contributed by atoms with Crippen molar-refractivity contribution in [2.45, 2.75) is 6.92 Å². The number of amides is 1. The maximum atomic E-state index is 11.8. The quantitative estimate of drug-likeness (QED) is 0.383. The SMILES string of the molecule is COC(=O)/C=C1/S/C(=N\N=Cc2cccc(-c3ccccc3C)c2)NC1=O. The summed E-state index contributed by atoms with van der Waals surface area (Å²) in [5.74, 6) is -0.994. The van der Waals surface area contributed by atoms with Gasteiger partial charge in [0.15, 0.2) is 5.17 Å². The molecule has 0 aromatic heterocycles. The Labute approximate surface area is 161 Å². The van der Waals surface area contributed by atoms with Gasteiger partial charge in [-0.2, -0.15) is 5.10 Å². The van der Waals surface area contributed by atoms with Crippen molar-refractivity contribution in [1.29, 1.82) is 0 Å². The van der Waals surface area contributed by atoms with Crippen LogP contribution in [0.1, 0.15) is 11.1 Å². The van der Waals surface area contributed by atoms with Crippen LogP contribution in [0.4, 0.5) is 0 Å². The van der Waals surface area contributed by atoms with Crippen molar-refractivity contribution in [3.8, 4) is 11.1 Å². The van der Waals surface area contributed by atoms with Gasteiger partial charge in [0.05, 0.1) is 18.2 Å². The number of thioether (sulfide) groups is 1. The number of methoxy groups -OCH3 is 1. The third-order valence-corrected chi connectivity index (χ3v) is 4.70. The van der Waals surface area contributed by atoms with Crippen LogP contribution in [-0.2, 0) is 14.3 Å². The molecular weight excluding hydrogens is 362 g/mol. The smallest absolute Gasteiger partial charge is 0.331 e. The van der Waals surface area contributed by atoms with E-state index in [2.05, 4.69) is 39.3 Å². The highest BCUT2D eigenvalue weighted by Crippen LogP contribution is 2.24. The maximum absolute atomic E-state index is 11.8. The average molecular weight is 379 g/mol. The molecule has 3 rings (SSSR count). The first-order chi connectivity index (χ1) is 13.1. The molecule has 0 aliphatic carbocycles. The molecule has 0 saturated carbocycles. The van der Waals surface area contributed by atoms with Crippen LogP contribution in [0.3, 0.4) is 0 Å². The molecule has 2 aromatic carbocycles. The Kier molecular flexibility index (Phi) is 5.83. The number of ether oxygens (including phenoxy) is 1. The topological polar surface area (TPSA) is 80.1 Å². The van der Waals surface area contributed by atoms with E-state index in [9.17, 15) is 9.59 Å². The van der Waals surface area contributed by atoms with Crippen molar-refractivity contribution in [2.24, 2.45) is 10.2 Å². The lowest BCUT2D eigenvalue weighted by atomic mass is 9.99. The van der Waals surface area contributed by atoms with E-state index in [-0.39, 0.29) is 4.91 Å². The zero-order valence-electron chi connectivity index (χ0n) is 14.8. The summed E-state index contributed by atoms with van der Waals surface area (Å²) in [6.45, 7) is 2.07. The van der Waals surface area contributed by atoms with E-state index in [1.54, 1.807) is 6.21 Å². The molecule has 1 aliphatic rings. The van der Waals surface area contributed by atoms with E-state index in [4.69, 9.17) is 0 Å². The van der Waals surface area contributed by atoms with Gasteiger partial charge in [0.1, 0.15) is 0 Å². The van der Waals surface area contributed by atoms with Gasteiger partial charge < -0.3 is 4.74 Å². The van der Waals surface area contributed by atoms with E-state index in [1.165, 1.54) is 12.7 Å². The summed E-state index contributed by atoms with van der Waals surface area (Å²) in [5, 5.41) is 10.9. The van der Waals surface area contributed by atoms with Gasteiger partial charge in [0.2, 0.25) is 0 Å². The van der Waals surface area contributed by atoms with E-state index in [0.29, 0.717) is 5.17 Å². The number of benzene rings is 2. The normalized spacial score (nSPS) is 16.9. The minimum atomic E-state index is -0.592. The second kappa shape index (κ2) is 8.46. The molecule has 1 fully saturated rings. The van der Waals surface area contributed by atoms with Gasteiger partial charge in [0.25, 0.3) is 5.91 Å². The molecule has 6 nitrogen and oxygen atoms in total. The molecule has 0 radical (unpaired) electrons. The fourth-order valence-corrected chi connectivity index (χ4v) is 3.21. The number of hydrogen-bond acceptors (Lipinski definition) is 6. The second-order valence-corrected chi connectivity index (χ2v) is 6.71. The van der Waals surface area contributed by atoms with Crippen LogP contribution in [0.5, 0.6) is 0 Å². The summed E-state index contributed by atoms with van der Waals surface area (Å²) >= 11 is 1.04. The summed E-state index contributed by atoms with van der Waals surface area (Å²) in [6, 6.07) is 16.1. The molecule has 0 unspecified atom stereocenters. The van der Waals surface area contributed by atoms with Crippen LogP contribution >= 0.6 is 11.8 Å². The summed E-state index contributed by atoms with van der Waals surface area (Å²) in [6.07, 6.45) is 2.74. The molecule has 7 heteroatoms. The number of carbonyl (C=O) groups excluding carboxylic acids is 2. The molecular formula is C20H17N3O3S. The van der Waals surface area contributed by atoms with Crippen LogP contribution in [-0.4, -0.2) is 30.4 Å². The Balaban J connectivity index is 1.74. The predicted molar refractivity (Wildman–Crippen MR) is 107 cm³/mol. The zero-order valence-corrected chi connectivity index (χ0v) is 15.6. The summed E-state index contributed by atoms with van der Waals surface area (Å²) < 4.78 is 4.51. The molecule has 0 bridgehead atoms. The molecule has 2 aromatic rings. The van der Waals surface area contributed by atoms with E-state index in [1.807, 2.05) is 36.4 Å². The first-order valence-electron chi connectivity index (χ1n) is 8.13. The number of aryl methyl sites for hydroxylation is 1. The molecule has 0 atom stereocenters. The summed E-state index contributed by atoms with van der Waals surface area (Å²) in [7, 11) is 1.25. The highest BCUT2D eigenvalue weighted by Gasteiger charge is 2.24. The number of nitrogens with zero attached hydrogens (tertiary/aromatic N) is 2. The van der Waals surface area contributed by atoms with Crippen LogP contribution in [0.15, 0.2) is 69.7 Å². The van der Waals surface area contributed by atoms with Crippen molar-refractivity contribution in [1.82, 2.24) is 5.32 Å². The Morgan fingerprint density at radius 3 is 2.78 bits per heavy atom. The van der Waals surface area contributed by atoms with Crippen LogP contribution in [0, 0.1) is 6.92 Å². The highest BCUT2D eigenvalue weighted by molar-refractivity contribution is 8.18. The van der Waals surface area contributed by atoms with Gasteiger partial charge in [-0.25, -0.2) is 4.79 Å². The number of rotatable bonds is 4. The van der Waals surface area contributed by atoms with Gasteiger partial charge in [-0.05, 0) is 47.0 Å². The van der Waals surface area contributed by atoms with Gasteiger partial charge in [-0.15, -0.1) is 5.10 Å². The molecule has 27 heavy (non-hydrogen) atoms. The maximum Gasteiger partial charge on any atom is 0.331 e. The Morgan fingerprint density at radius 2 is 2.00 bits per heavy atom. The summed E-state index contributed by atoms with van der Waals surface area (Å²) in [5.41, 5.74) is 4.34. The molecule has 1 saturated heterocycles. The first-order valence-corrected chi connectivity index (χ1v) is 8.94. The van der Waals surface area contributed by atoms with E-state index >= 15 is 0 Å². The number of esters is 1. The van der Waals surface area contributed by atoms with Crippen LogP contribution in [0.25, 0.3) is 11.1 Å². The lowest BCUT2D eigenvalue weighted by Crippen LogP contribution is -2.19. The second-order valence-electron chi connectivity index (χ2n) is 5.68. The number of nitrogens with one attached hydrogen (secondary N) is 1. The lowest BCUT2D eigenvalue weighted by molar-refractivity contribution is -0.135. The molecule has 1 amide bonds. The highest BCUT2D eigenvalue weighted by atomic mass is 32.2. The third kappa shape index (κ3) is 4.71. The van der Waals surface area contributed by atoms with Crippen molar-refractivity contribution in [3.63, 3.8) is 0 Å². The Bertz CT molecular complexity index is 980. The number of amidine groups is 1. The largest absolute Gasteiger partial charge is 0.466 e. The van der Waals surface area contributed by atoms with Gasteiger partial charge in [-0.3, -0.25) is 10.1 Å². The van der Waals surface area contributed by atoms with Crippen molar-refractivity contribution < 1.29 is 14.3 Å². The van der Waals surface area contributed by atoms with Gasteiger partial charge in [-0.1, -0.05) is 42.5 Å². The molecule has 1 N–H and O–H groups in total. The first kappa shape index (κ1) is 18.6. The minimum absolute atomic E-state index is 0.220. The molecule has 1 aliphatic heterocycles. The van der Waals surface area contributed by atoms with E-state index < -0.39 is 11.9 Å². The number of carbonyl (C=O) groups is 2. The standard InChI is InChI=1S/C20H17N3O3S/c1-13-6-3-4-9-16(13)15-8-5-7-14(10-15)12-21-23-20-22-19(25)17(27-20)11-18(24)26-2/h3-12H,1-2H3,(H,22,23,25)/b17-11+,21-12?. The Morgan fingerprint density at radius 1 is 1.19 bits per heavy atom. The van der Waals surface area contributed by atoms with Crippen molar-refractivity contribution in [3.05, 3.63) is 70.6 Å². The van der Waals surface area contributed by atoms with Gasteiger partial charge >= 0.3 is 5.97 Å². The fraction of sp³-hybridized carbons (Fsp3) is 0.100. The fourth-order valence-electron chi connectivity index (χ4n) is 2.47. The molecule has 0 spiro atoms. The summed E-state index contributed by atoms with van der Waals surface area (Å²) in [4.78, 5) is 23.2. The predicted octanol–water partition coefficient (Wildman–Crippen LogP) is 3.27. The third-order valence-electron chi connectivity index (χ3n) is 3.80. The minimum Gasteiger partial charge on any atom is -0.466 e. The monoisotopic (exact) mass is 379 g/mol. The average Bonchev–Trinajstić information content (AvgIpc) is 3.01. The van der Waals surface area contributed by atoms with Gasteiger partial charge in [0, 0.05) is 6.08 Å². The van der Waals surface area contributed by atoms with E-state index in [0.717, 1.165) is 34.5 Å². The number of hydrogen-bond donors (Lipinski definition) is 1. The molecule has 1 heterocycles. The van der Waals surface area contributed by atoms with Crippen molar-refractivity contribution >= 4 is 35.0 Å². The zero-order chi connectivity index (χ0) is 19.2. The van der Waals surface area contributed by atoms with Crippen LogP contribution < -0.4 is 5.32 Å². The molecule has 136 valence electrons. The Hall–Kier alpha value is -3.19. The van der Waals surface area contributed by atoms with Crippen molar-refractivity contribution in [2.75, 3.05) is 7.11 Å². The van der Waals surface area contributed by atoms with Crippen LogP contribution in [0.2, 0.25) is 0 Å².